The third kappa shape index (κ3) is 1.87. The number of rotatable bonds is 1. The van der Waals surface area contributed by atoms with E-state index in [0.29, 0.717) is 11.0 Å². The molecule has 0 aliphatic carbocycles. The molecule has 1 heterocycles. The van der Waals surface area contributed by atoms with Gasteiger partial charge in [-0.25, -0.2) is 0 Å². The Bertz CT molecular complexity index is 323. The standard InChI is InChI=1S/C11H14N2S/c12-11(14)13-7-6-10(8-13)9-4-2-1-3-5-9/h1-5,10H,6-8H2,(H2,12,14). The lowest BCUT2D eigenvalue weighted by atomic mass is 9.99. The van der Waals surface area contributed by atoms with Crippen LogP contribution in [-0.4, -0.2) is 23.1 Å². The molecule has 1 aliphatic rings. The molecule has 1 aliphatic heterocycles. The van der Waals surface area contributed by atoms with Crippen molar-refractivity contribution in [2.75, 3.05) is 13.1 Å². The van der Waals surface area contributed by atoms with E-state index in [1.165, 1.54) is 5.56 Å². The Balaban J connectivity index is 2.06. The monoisotopic (exact) mass is 206 g/mol. The second kappa shape index (κ2) is 3.96. The van der Waals surface area contributed by atoms with Gasteiger partial charge in [-0.2, -0.15) is 0 Å². The van der Waals surface area contributed by atoms with Gasteiger partial charge < -0.3 is 10.6 Å². The van der Waals surface area contributed by atoms with Gasteiger partial charge in [0, 0.05) is 19.0 Å². The first-order valence-corrected chi connectivity index (χ1v) is 5.27. The van der Waals surface area contributed by atoms with Crippen molar-refractivity contribution in [1.82, 2.24) is 4.90 Å². The highest BCUT2D eigenvalue weighted by Gasteiger charge is 2.23. The number of thiocarbonyl (C=S) groups is 1. The molecule has 1 saturated heterocycles. The lowest BCUT2D eigenvalue weighted by Crippen LogP contribution is -2.33. The molecule has 2 N–H and O–H groups in total. The van der Waals surface area contributed by atoms with E-state index in [1.54, 1.807) is 0 Å². The highest BCUT2D eigenvalue weighted by molar-refractivity contribution is 7.80. The fourth-order valence-corrected chi connectivity index (χ4v) is 2.12. The van der Waals surface area contributed by atoms with Gasteiger partial charge in [-0.05, 0) is 24.2 Å². The summed E-state index contributed by atoms with van der Waals surface area (Å²) in [5.41, 5.74) is 6.99. The average molecular weight is 206 g/mol. The minimum Gasteiger partial charge on any atom is -0.376 e. The van der Waals surface area contributed by atoms with E-state index in [-0.39, 0.29) is 0 Å². The smallest absolute Gasteiger partial charge is 0.166 e. The number of hydrogen-bond acceptors (Lipinski definition) is 1. The van der Waals surface area contributed by atoms with Gasteiger partial charge in [-0.3, -0.25) is 0 Å². The van der Waals surface area contributed by atoms with Gasteiger partial charge in [0.05, 0.1) is 0 Å². The Labute approximate surface area is 89.7 Å². The fourth-order valence-electron chi connectivity index (χ4n) is 1.96. The van der Waals surface area contributed by atoms with E-state index in [2.05, 4.69) is 29.2 Å². The van der Waals surface area contributed by atoms with E-state index in [0.717, 1.165) is 19.5 Å². The van der Waals surface area contributed by atoms with E-state index >= 15 is 0 Å². The second-order valence-electron chi connectivity index (χ2n) is 3.68. The van der Waals surface area contributed by atoms with Crippen molar-refractivity contribution >= 4 is 17.3 Å². The maximum Gasteiger partial charge on any atom is 0.166 e. The number of nitrogens with two attached hydrogens (primary N) is 1. The molecule has 0 amide bonds. The molecular formula is C11H14N2S. The predicted octanol–water partition coefficient (Wildman–Crippen LogP) is 1.72. The topological polar surface area (TPSA) is 29.3 Å². The number of likely N-dealkylation sites (tertiary alicyclic amines) is 1. The van der Waals surface area contributed by atoms with E-state index in [1.807, 2.05) is 6.07 Å². The van der Waals surface area contributed by atoms with Crippen LogP contribution in [0.15, 0.2) is 30.3 Å². The van der Waals surface area contributed by atoms with Crippen LogP contribution in [0.2, 0.25) is 0 Å². The highest BCUT2D eigenvalue weighted by Crippen LogP contribution is 2.26. The molecule has 74 valence electrons. The van der Waals surface area contributed by atoms with E-state index in [9.17, 15) is 0 Å². The Kier molecular flexibility index (Phi) is 2.68. The van der Waals surface area contributed by atoms with Crippen molar-refractivity contribution in [1.29, 1.82) is 0 Å². The maximum absolute atomic E-state index is 5.60. The van der Waals surface area contributed by atoms with Crippen molar-refractivity contribution < 1.29 is 0 Å². The van der Waals surface area contributed by atoms with Crippen LogP contribution in [0.4, 0.5) is 0 Å². The molecular weight excluding hydrogens is 192 g/mol. The van der Waals surface area contributed by atoms with Crippen LogP contribution in [0.25, 0.3) is 0 Å². The van der Waals surface area contributed by atoms with Gasteiger partial charge in [0.15, 0.2) is 5.11 Å². The van der Waals surface area contributed by atoms with Gasteiger partial charge in [0.1, 0.15) is 0 Å². The molecule has 0 radical (unpaired) electrons. The Hall–Kier alpha value is -1.09. The maximum atomic E-state index is 5.60. The average Bonchev–Trinajstić information content (AvgIpc) is 2.68. The quantitative estimate of drug-likeness (QED) is 0.709. The number of hydrogen-bond donors (Lipinski definition) is 1. The normalized spacial score (nSPS) is 21.1. The highest BCUT2D eigenvalue weighted by atomic mass is 32.1. The zero-order chi connectivity index (χ0) is 9.97. The summed E-state index contributed by atoms with van der Waals surface area (Å²) in [5.74, 6) is 0.595. The summed E-state index contributed by atoms with van der Waals surface area (Å²) in [6.45, 7) is 1.97. The molecule has 1 unspecified atom stereocenters. The van der Waals surface area contributed by atoms with Crippen LogP contribution in [0, 0.1) is 0 Å². The fraction of sp³-hybridized carbons (Fsp3) is 0.364. The summed E-state index contributed by atoms with van der Waals surface area (Å²) in [7, 11) is 0. The predicted molar refractivity (Wildman–Crippen MR) is 62.2 cm³/mol. The van der Waals surface area contributed by atoms with Crippen molar-refractivity contribution in [2.45, 2.75) is 12.3 Å². The number of benzene rings is 1. The zero-order valence-corrected chi connectivity index (χ0v) is 8.83. The van der Waals surface area contributed by atoms with E-state index in [4.69, 9.17) is 18.0 Å². The lowest BCUT2D eigenvalue weighted by molar-refractivity contribution is 0.514. The van der Waals surface area contributed by atoms with Gasteiger partial charge in [-0.1, -0.05) is 30.3 Å². The van der Waals surface area contributed by atoms with Crippen LogP contribution in [-0.2, 0) is 0 Å². The molecule has 0 bridgehead atoms. The molecule has 3 heteroatoms. The van der Waals surface area contributed by atoms with E-state index < -0.39 is 0 Å². The third-order valence-electron chi connectivity index (χ3n) is 2.77. The van der Waals surface area contributed by atoms with Crippen molar-refractivity contribution in [3.8, 4) is 0 Å². The summed E-state index contributed by atoms with van der Waals surface area (Å²) in [6, 6.07) is 10.6. The molecule has 1 aromatic rings. The van der Waals surface area contributed by atoms with Crippen molar-refractivity contribution in [3.63, 3.8) is 0 Å². The Morgan fingerprint density at radius 3 is 2.64 bits per heavy atom. The Morgan fingerprint density at radius 2 is 2.07 bits per heavy atom. The van der Waals surface area contributed by atoms with Crippen LogP contribution < -0.4 is 5.73 Å². The van der Waals surface area contributed by atoms with Crippen LogP contribution in [0.5, 0.6) is 0 Å². The number of nitrogens with zero attached hydrogens (tertiary/aromatic N) is 1. The van der Waals surface area contributed by atoms with Gasteiger partial charge >= 0.3 is 0 Å². The molecule has 1 aromatic carbocycles. The molecule has 1 atom stereocenters. The summed E-state index contributed by atoms with van der Waals surface area (Å²) >= 11 is 4.96. The first-order chi connectivity index (χ1) is 6.77. The summed E-state index contributed by atoms with van der Waals surface area (Å²) < 4.78 is 0. The van der Waals surface area contributed by atoms with Gasteiger partial charge in [-0.15, -0.1) is 0 Å². The molecule has 2 nitrogen and oxygen atoms in total. The molecule has 14 heavy (non-hydrogen) atoms. The van der Waals surface area contributed by atoms with Crippen molar-refractivity contribution in [2.24, 2.45) is 5.73 Å². The minimum atomic E-state index is 0.531. The summed E-state index contributed by atoms with van der Waals surface area (Å²) in [6.07, 6.45) is 1.15. The first-order valence-electron chi connectivity index (χ1n) is 4.86. The second-order valence-corrected chi connectivity index (χ2v) is 4.10. The van der Waals surface area contributed by atoms with Crippen LogP contribution in [0.1, 0.15) is 17.9 Å². The molecule has 0 spiro atoms. The molecule has 2 rings (SSSR count). The Morgan fingerprint density at radius 1 is 1.36 bits per heavy atom. The molecule has 0 aromatic heterocycles. The van der Waals surface area contributed by atoms with Crippen LogP contribution >= 0.6 is 12.2 Å². The lowest BCUT2D eigenvalue weighted by Gasteiger charge is -2.15. The minimum absolute atomic E-state index is 0.531. The molecule has 0 saturated carbocycles. The molecule has 1 fully saturated rings. The first kappa shape index (κ1) is 9.46. The van der Waals surface area contributed by atoms with Crippen molar-refractivity contribution in [3.05, 3.63) is 35.9 Å². The largest absolute Gasteiger partial charge is 0.376 e. The third-order valence-corrected chi connectivity index (χ3v) is 3.03. The van der Waals surface area contributed by atoms with Crippen LogP contribution in [0.3, 0.4) is 0 Å². The summed E-state index contributed by atoms with van der Waals surface area (Å²) in [5, 5.41) is 0.531. The summed E-state index contributed by atoms with van der Waals surface area (Å²) in [4.78, 5) is 2.08. The SMILES string of the molecule is NC(=S)N1CCC(c2ccccc2)C1. The van der Waals surface area contributed by atoms with Gasteiger partial charge in [0.2, 0.25) is 0 Å². The zero-order valence-electron chi connectivity index (χ0n) is 8.02. The van der Waals surface area contributed by atoms with Gasteiger partial charge in [0.25, 0.3) is 0 Å².